The Kier molecular flexibility index (Phi) is 5.24. The summed E-state index contributed by atoms with van der Waals surface area (Å²) in [4.78, 5) is 15.4. The minimum absolute atomic E-state index is 0.0650. The van der Waals surface area contributed by atoms with Crippen LogP contribution >= 0.6 is 11.8 Å². The summed E-state index contributed by atoms with van der Waals surface area (Å²) in [6.45, 7) is 5.45. The number of carbonyl (C=O) groups excluding carboxylic acids is 1. The number of piperazine rings is 1. The first kappa shape index (κ1) is 14.4. The summed E-state index contributed by atoms with van der Waals surface area (Å²) >= 11 is 1.65. The Morgan fingerprint density at radius 1 is 1.53 bits per heavy atom. The van der Waals surface area contributed by atoms with E-state index in [1.807, 2.05) is 30.5 Å². The van der Waals surface area contributed by atoms with Crippen LogP contribution in [-0.2, 0) is 4.79 Å². The highest BCUT2D eigenvalue weighted by Crippen LogP contribution is 2.24. The van der Waals surface area contributed by atoms with E-state index >= 15 is 0 Å². The maximum atomic E-state index is 12.1. The number of nitrogens with one attached hydrogen (secondary N) is 2. The van der Waals surface area contributed by atoms with Crippen LogP contribution in [0.4, 0.5) is 5.69 Å². The fourth-order valence-electron chi connectivity index (χ4n) is 2.24. The van der Waals surface area contributed by atoms with Gasteiger partial charge in [-0.3, -0.25) is 9.69 Å². The van der Waals surface area contributed by atoms with Crippen LogP contribution < -0.4 is 10.6 Å². The Bertz CT molecular complexity index is 438. The van der Waals surface area contributed by atoms with Gasteiger partial charge < -0.3 is 10.6 Å². The van der Waals surface area contributed by atoms with E-state index in [2.05, 4.69) is 22.5 Å². The molecule has 0 radical (unpaired) electrons. The number of para-hydroxylation sites is 1. The molecule has 1 aromatic carbocycles. The number of nitrogens with zero attached hydrogens (tertiary/aromatic N) is 1. The van der Waals surface area contributed by atoms with Gasteiger partial charge in [0.2, 0.25) is 5.91 Å². The van der Waals surface area contributed by atoms with E-state index in [1.54, 1.807) is 11.8 Å². The molecule has 1 fully saturated rings. The topological polar surface area (TPSA) is 44.4 Å². The smallest absolute Gasteiger partial charge is 0.238 e. The van der Waals surface area contributed by atoms with Crippen molar-refractivity contribution in [1.29, 1.82) is 0 Å². The molecule has 104 valence electrons. The van der Waals surface area contributed by atoms with Crippen molar-refractivity contribution in [1.82, 2.24) is 10.2 Å². The number of anilines is 1. The van der Waals surface area contributed by atoms with Gasteiger partial charge in [0.1, 0.15) is 0 Å². The van der Waals surface area contributed by atoms with E-state index in [0.29, 0.717) is 12.6 Å². The molecule has 1 atom stereocenters. The van der Waals surface area contributed by atoms with E-state index in [0.717, 1.165) is 30.2 Å². The Labute approximate surface area is 118 Å². The highest BCUT2D eigenvalue weighted by atomic mass is 32.2. The summed E-state index contributed by atoms with van der Waals surface area (Å²) < 4.78 is 0. The van der Waals surface area contributed by atoms with Gasteiger partial charge in [-0.15, -0.1) is 11.8 Å². The maximum Gasteiger partial charge on any atom is 0.238 e. The second-order valence-corrected chi connectivity index (χ2v) is 5.62. The molecule has 0 aliphatic carbocycles. The largest absolute Gasteiger partial charge is 0.324 e. The Morgan fingerprint density at radius 2 is 2.32 bits per heavy atom. The molecule has 0 saturated carbocycles. The normalized spacial score (nSPS) is 20.2. The van der Waals surface area contributed by atoms with Crippen LogP contribution in [0.25, 0.3) is 0 Å². The summed E-state index contributed by atoms with van der Waals surface area (Å²) in [5.74, 6) is 0.0650. The number of amides is 1. The second kappa shape index (κ2) is 6.93. The van der Waals surface area contributed by atoms with Gasteiger partial charge in [-0.05, 0) is 25.3 Å². The molecule has 1 aliphatic heterocycles. The first-order valence-electron chi connectivity index (χ1n) is 6.58. The van der Waals surface area contributed by atoms with Crippen LogP contribution in [0, 0.1) is 0 Å². The number of thioether (sulfide) groups is 1. The molecule has 0 aromatic heterocycles. The van der Waals surface area contributed by atoms with Gasteiger partial charge in [0, 0.05) is 30.6 Å². The third-order valence-corrected chi connectivity index (χ3v) is 4.16. The van der Waals surface area contributed by atoms with Crippen molar-refractivity contribution in [2.45, 2.75) is 17.9 Å². The van der Waals surface area contributed by atoms with Gasteiger partial charge in [0.15, 0.2) is 0 Å². The van der Waals surface area contributed by atoms with Crippen molar-refractivity contribution in [3.05, 3.63) is 24.3 Å². The Balaban J connectivity index is 1.93. The lowest BCUT2D eigenvalue weighted by atomic mass is 10.2. The average Bonchev–Trinajstić information content (AvgIpc) is 2.42. The zero-order chi connectivity index (χ0) is 13.7. The summed E-state index contributed by atoms with van der Waals surface area (Å²) in [7, 11) is 0. The van der Waals surface area contributed by atoms with Crippen LogP contribution in [0.3, 0.4) is 0 Å². The van der Waals surface area contributed by atoms with Gasteiger partial charge in [-0.25, -0.2) is 0 Å². The van der Waals surface area contributed by atoms with Crippen LogP contribution in [0.2, 0.25) is 0 Å². The SMILES string of the molecule is CSc1ccccc1NC(=O)CN1CCNC[C@H]1C. The molecule has 1 aromatic rings. The highest BCUT2D eigenvalue weighted by Gasteiger charge is 2.20. The molecule has 2 N–H and O–H groups in total. The fraction of sp³-hybridized carbons (Fsp3) is 0.500. The predicted molar refractivity (Wildman–Crippen MR) is 80.8 cm³/mol. The van der Waals surface area contributed by atoms with Crippen molar-refractivity contribution < 1.29 is 4.79 Å². The molecule has 0 bridgehead atoms. The van der Waals surface area contributed by atoms with E-state index < -0.39 is 0 Å². The second-order valence-electron chi connectivity index (χ2n) is 4.77. The summed E-state index contributed by atoms with van der Waals surface area (Å²) in [5.41, 5.74) is 0.905. The van der Waals surface area contributed by atoms with Crippen LogP contribution in [0.5, 0.6) is 0 Å². The number of hydrogen-bond acceptors (Lipinski definition) is 4. The quantitative estimate of drug-likeness (QED) is 0.823. The summed E-state index contributed by atoms with van der Waals surface area (Å²) in [5, 5.41) is 6.34. The van der Waals surface area contributed by atoms with Crippen molar-refractivity contribution in [3.8, 4) is 0 Å². The predicted octanol–water partition coefficient (Wildman–Crippen LogP) is 1.64. The standard InChI is InChI=1S/C14H21N3OS/c1-11-9-15-7-8-17(11)10-14(18)16-12-5-3-4-6-13(12)19-2/h3-6,11,15H,7-10H2,1-2H3,(H,16,18)/t11-/m1/s1. The van der Waals surface area contributed by atoms with Crippen molar-refractivity contribution in [2.24, 2.45) is 0 Å². The van der Waals surface area contributed by atoms with Gasteiger partial charge >= 0.3 is 0 Å². The molecule has 5 heteroatoms. The summed E-state index contributed by atoms with van der Waals surface area (Å²) in [6.07, 6.45) is 2.02. The molecule has 1 amide bonds. The number of carbonyl (C=O) groups is 1. The third kappa shape index (κ3) is 3.96. The van der Waals surface area contributed by atoms with Gasteiger partial charge in [0.05, 0.1) is 12.2 Å². The molecule has 0 unspecified atom stereocenters. The number of hydrogen-bond donors (Lipinski definition) is 2. The third-order valence-electron chi connectivity index (χ3n) is 3.37. The molecule has 4 nitrogen and oxygen atoms in total. The van der Waals surface area contributed by atoms with Crippen LogP contribution in [0.1, 0.15) is 6.92 Å². The van der Waals surface area contributed by atoms with Crippen LogP contribution in [0.15, 0.2) is 29.2 Å². The minimum atomic E-state index is 0.0650. The zero-order valence-corrected chi connectivity index (χ0v) is 12.3. The molecular weight excluding hydrogens is 258 g/mol. The van der Waals surface area contributed by atoms with Crippen molar-refractivity contribution in [2.75, 3.05) is 37.8 Å². The van der Waals surface area contributed by atoms with E-state index in [-0.39, 0.29) is 5.91 Å². The molecule has 2 rings (SSSR count). The lowest BCUT2D eigenvalue weighted by molar-refractivity contribution is -0.118. The van der Waals surface area contributed by atoms with Crippen LogP contribution in [-0.4, -0.2) is 49.3 Å². The number of rotatable bonds is 4. The maximum absolute atomic E-state index is 12.1. The van der Waals surface area contributed by atoms with Gasteiger partial charge in [0.25, 0.3) is 0 Å². The first-order valence-corrected chi connectivity index (χ1v) is 7.81. The van der Waals surface area contributed by atoms with Crippen molar-refractivity contribution in [3.63, 3.8) is 0 Å². The lowest BCUT2D eigenvalue weighted by Crippen LogP contribution is -2.52. The Hall–Kier alpha value is -1.04. The zero-order valence-electron chi connectivity index (χ0n) is 11.5. The fourth-order valence-corrected chi connectivity index (χ4v) is 2.79. The number of benzene rings is 1. The lowest BCUT2D eigenvalue weighted by Gasteiger charge is -2.33. The molecule has 1 heterocycles. The van der Waals surface area contributed by atoms with Crippen molar-refractivity contribution >= 4 is 23.4 Å². The highest BCUT2D eigenvalue weighted by molar-refractivity contribution is 7.98. The Morgan fingerprint density at radius 3 is 3.05 bits per heavy atom. The first-order chi connectivity index (χ1) is 9.20. The van der Waals surface area contributed by atoms with Gasteiger partial charge in [-0.2, -0.15) is 0 Å². The monoisotopic (exact) mass is 279 g/mol. The molecule has 0 spiro atoms. The summed E-state index contributed by atoms with van der Waals surface area (Å²) in [6, 6.07) is 8.32. The van der Waals surface area contributed by atoms with E-state index in [4.69, 9.17) is 0 Å². The minimum Gasteiger partial charge on any atom is -0.324 e. The molecule has 1 aliphatic rings. The molecular formula is C14H21N3OS. The van der Waals surface area contributed by atoms with E-state index in [1.165, 1.54) is 0 Å². The molecule has 19 heavy (non-hydrogen) atoms. The average molecular weight is 279 g/mol. The van der Waals surface area contributed by atoms with Gasteiger partial charge in [-0.1, -0.05) is 12.1 Å². The molecule has 1 saturated heterocycles. The van der Waals surface area contributed by atoms with E-state index in [9.17, 15) is 4.79 Å².